The molecule has 1 aliphatic rings. The zero-order chi connectivity index (χ0) is 13.7. The Balaban J connectivity index is 2.09. The second-order valence-electron chi connectivity index (χ2n) is 6.03. The maximum Gasteiger partial charge on any atom is 0.0823 e. The lowest BCUT2D eigenvalue weighted by molar-refractivity contribution is 0.0951. The van der Waals surface area contributed by atoms with Crippen molar-refractivity contribution in [1.82, 2.24) is 5.32 Å². The molecule has 1 atom stereocenters. The molecule has 0 spiro atoms. The number of ether oxygens (including phenoxy) is 1. The van der Waals surface area contributed by atoms with Crippen LogP contribution in [0.3, 0.4) is 0 Å². The number of benzene rings is 1. The van der Waals surface area contributed by atoms with Crippen LogP contribution in [0, 0.1) is 5.92 Å². The molecular formula is C17H27NO. The van der Waals surface area contributed by atoms with Crippen LogP contribution in [0.25, 0.3) is 0 Å². The first kappa shape index (κ1) is 14.5. The molecule has 0 amide bonds. The summed E-state index contributed by atoms with van der Waals surface area (Å²) in [6, 6.07) is 6.92. The van der Waals surface area contributed by atoms with E-state index >= 15 is 0 Å². The van der Waals surface area contributed by atoms with E-state index in [-0.39, 0.29) is 0 Å². The first-order chi connectivity index (χ1) is 9.20. The van der Waals surface area contributed by atoms with Crippen molar-refractivity contribution >= 4 is 0 Å². The van der Waals surface area contributed by atoms with Crippen molar-refractivity contribution < 1.29 is 4.74 Å². The van der Waals surface area contributed by atoms with Crippen LogP contribution >= 0.6 is 0 Å². The third-order valence-electron chi connectivity index (χ3n) is 3.89. The zero-order valence-electron chi connectivity index (χ0n) is 12.5. The average molecular weight is 261 g/mol. The summed E-state index contributed by atoms with van der Waals surface area (Å²) in [6.07, 6.45) is 5.22. The molecule has 0 aliphatic heterocycles. The summed E-state index contributed by atoms with van der Waals surface area (Å²) in [6.45, 7) is 6.52. The second-order valence-corrected chi connectivity index (χ2v) is 6.03. The van der Waals surface area contributed by atoms with Crippen LogP contribution in [0.5, 0.6) is 0 Å². The van der Waals surface area contributed by atoms with Gasteiger partial charge in [-0.3, -0.25) is 0 Å². The Morgan fingerprint density at radius 3 is 2.89 bits per heavy atom. The van der Waals surface area contributed by atoms with Crippen LogP contribution in [0.2, 0.25) is 0 Å². The summed E-state index contributed by atoms with van der Waals surface area (Å²) in [5.74, 6) is 0.701. The van der Waals surface area contributed by atoms with Gasteiger partial charge in [0.2, 0.25) is 0 Å². The molecular weight excluding hydrogens is 234 g/mol. The molecule has 0 aromatic heterocycles. The van der Waals surface area contributed by atoms with Gasteiger partial charge in [-0.05, 0) is 48.4 Å². The van der Waals surface area contributed by atoms with Gasteiger partial charge in [0, 0.05) is 13.7 Å². The SMILES string of the molecule is COC1CCCCc2ccc(CNCC(C)C)cc21. The third-order valence-corrected chi connectivity index (χ3v) is 3.89. The van der Waals surface area contributed by atoms with Crippen LogP contribution < -0.4 is 5.32 Å². The molecule has 0 heterocycles. The Bertz CT molecular complexity index is 400. The quantitative estimate of drug-likeness (QED) is 0.813. The van der Waals surface area contributed by atoms with Gasteiger partial charge in [0.1, 0.15) is 0 Å². The fourth-order valence-corrected chi connectivity index (χ4v) is 2.83. The minimum absolute atomic E-state index is 0.294. The van der Waals surface area contributed by atoms with Gasteiger partial charge in [0.25, 0.3) is 0 Å². The van der Waals surface area contributed by atoms with E-state index in [0.29, 0.717) is 12.0 Å². The molecule has 1 N–H and O–H groups in total. The molecule has 1 unspecified atom stereocenters. The molecule has 0 fully saturated rings. The lowest BCUT2D eigenvalue weighted by atomic mass is 9.98. The summed E-state index contributed by atoms with van der Waals surface area (Å²) in [4.78, 5) is 0. The van der Waals surface area contributed by atoms with Gasteiger partial charge in [-0.1, -0.05) is 38.5 Å². The minimum atomic E-state index is 0.294. The highest BCUT2D eigenvalue weighted by molar-refractivity contribution is 5.34. The molecule has 2 rings (SSSR count). The predicted molar refractivity (Wildman–Crippen MR) is 80.3 cm³/mol. The highest BCUT2D eigenvalue weighted by Gasteiger charge is 2.18. The number of nitrogens with one attached hydrogen (secondary N) is 1. The maximum absolute atomic E-state index is 5.67. The van der Waals surface area contributed by atoms with E-state index < -0.39 is 0 Å². The van der Waals surface area contributed by atoms with Crippen molar-refractivity contribution in [3.8, 4) is 0 Å². The van der Waals surface area contributed by atoms with Crippen LogP contribution in [0.4, 0.5) is 0 Å². The summed E-state index contributed by atoms with van der Waals surface area (Å²) >= 11 is 0. The smallest absolute Gasteiger partial charge is 0.0823 e. The Morgan fingerprint density at radius 2 is 2.16 bits per heavy atom. The van der Waals surface area contributed by atoms with Crippen molar-refractivity contribution in [3.63, 3.8) is 0 Å². The largest absolute Gasteiger partial charge is 0.377 e. The molecule has 2 nitrogen and oxygen atoms in total. The highest BCUT2D eigenvalue weighted by atomic mass is 16.5. The van der Waals surface area contributed by atoms with Crippen LogP contribution in [0.15, 0.2) is 18.2 Å². The second kappa shape index (κ2) is 7.06. The fraction of sp³-hybridized carbons (Fsp3) is 0.647. The Hall–Kier alpha value is -0.860. The molecule has 0 radical (unpaired) electrons. The number of aryl methyl sites for hydroxylation is 1. The van der Waals surface area contributed by atoms with E-state index in [1.54, 1.807) is 0 Å². The van der Waals surface area contributed by atoms with Gasteiger partial charge in [-0.25, -0.2) is 0 Å². The van der Waals surface area contributed by atoms with E-state index in [2.05, 4.69) is 37.4 Å². The topological polar surface area (TPSA) is 21.3 Å². The van der Waals surface area contributed by atoms with E-state index in [1.165, 1.54) is 36.0 Å². The monoisotopic (exact) mass is 261 g/mol. The number of hydrogen-bond acceptors (Lipinski definition) is 2. The van der Waals surface area contributed by atoms with Crippen molar-refractivity contribution in [3.05, 3.63) is 34.9 Å². The van der Waals surface area contributed by atoms with Gasteiger partial charge < -0.3 is 10.1 Å². The Morgan fingerprint density at radius 1 is 1.32 bits per heavy atom. The summed E-state index contributed by atoms with van der Waals surface area (Å²) in [5, 5.41) is 3.52. The van der Waals surface area contributed by atoms with Crippen molar-refractivity contribution in [2.24, 2.45) is 5.92 Å². The molecule has 2 heteroatoms. The van der Waals surface area contributed by atoms with Crippen molar-refractivity contribution in [1.29, 1.82) is 0 Å². The average Bonchev–Trinajstić information content (AvgIpc) is 2.59. The minimum Gasteiger partial charge on any atom is -0.377 e. The fourth-order valence-electron chi connectivity index (χ4n) is 2.83. The first-order valence-electron chi connectivity index (χ1n) is 7.56. The number of methoxy groups -OCH3 is 1. The number of rotatable bonds is 5. The molecule has 1 aliphatic carbocycles. The van der Waals surface area contributed by atoms with E-state index in [0.717, 1.165) is 19.5 Å². The molecule has 0 bridgehead atoms. The molecule has 19 heavy (non-hydrogen) atoms. The van der Waals surface area contributed by atoms with Gasteiger partial charge in [-0.15, -0.1) is 0 Å². The third kappa shape index (κ3) is 4.05. The summed E-state index contributed by atoms with van der Waals surface area (Å²) < 4.78 is 5.67. The lowest BCUT2D eigenvalue weighted by Gasteiger charge is -2.17. The van der Waals surface area contributed by atoms with Crippen molar-refractivity contribution in [2.75, 3.05) is 13.7 Å². The molecule has 106 valence electrons. The van der Waals surface area contributed by atoms with Crippen LogP contribution in [-0.4, -0.2) is 13.7 Å². The van der Waals surface area contributed by atoms with E-state index in [9.17, 15) is 0 Å². The van der Waals surface area contributed by atoms with Crippen molar-refractivity contribution in [2.45, 2.75) is 52.2 Å². The van der Waals surface area contributed by atoms with E-state index in [1.807, 2.05) is 7.11 Å². The highest BCUT2D eigenvalue weighted by Crippen LogP contribution is 2.31. The zero-order valence-corrected chi connectivity index (χ0v) is 12.5. The van der Waals surface area contributed by atoms with Crippen LogP contribution in [0.1, 0.15) is 55.9 Å². The number of fused-ring (bicyclic) bond motifs is 1. The molecule has 1 aromatic rings. The predicted octanol–water partition coefficient (Wildman–Crippen LogP) is 3.85. The molecule has 1 aromatic carbocycles. The van der Waals surface area contributed by atoms with Gasteiger partial charge >= 0.3 is 0 Å². The van der Waals surface area contributed by atoms with Crippen LogP contribution in [-0.2, 0) is 17.7 Å². The summed E-state index contributed by atoms with van der Waals surface area (Å²) in [5.41, 5.74) is 4.28. The Labute approximate surface area is 117 Å². The Kier molecular flexibility index (Phi) is 5.41. The van der Waals surface area contributed by atoms with Gasteiger partial charge in [0.15, 0.2) is 0 Å². The van der Waals surface area contributed by atoms with Gasteiger partial charge in [0.05, 0.1) is 6.10 Å². The first-order valence-corrected chi connectivity index (χ1v) is 7.56. The van der Waals surface area contributed by atoms with Gasteiger partial charge in [-0.2, -0.15) is 0 Å². The normalized spacial score (nSPS) is 19.3. The molecule has 0 saturated carbocycles. The maximum atomic E-state index is 5.67. The summed E-state index contributed by atoms with van der Waals surface area (Å²) in [7, 11) is 1.84. The molecule has 0 saturated heterocycles. The van der Waals surface area contributed by atoms with E-state index in [4.69, 9.17) is 4.74 Å². The standard InChI is InChI=1S/C17H27NO/c1-13(2)11-18-12-14-8-9-15-6-4-5-7-17(19-3)16(15)10-14/h8-10,13,17-18H,4-7,11-12H2,1-3H3. The number of hydrogen-bond donors (Lipinski definition) is 1. The lowest BCUT2D eigenvalue weighted by Crippen LogP contribution is -2.19.